The Labute approximate surface area is 81.5 Å². The number of rotatable bonds is 5. The third-order valence-corrected chi connectivity index (χ3v) is 4.23. The maximum Gasteiger partial charge on any atom is 0.221 e. The van der Waals surface area contributed by atoms with Gasteiger partial charge in [0.2, 0.25) is 10.0 Å². The van der Waals surface area contributed by atoms with E-state index in [0.29, 0.717) is 0 Å². The van der Waals surface area contributed by atoms with Crippen molar-refractivity contribution in [1.82, 2.24) is 4.72 Å². The molecule has 0 rings (SSSR count). The smallest absolute Gasteiger partial charge is 0.221 e. The standard InChI is InChI=1S/C6H14BrNO3S/c1-5(2)6(3-9)8-12(10,11)4-7/h5-6,8-9H,3-4H2,1-2H3. The van der Waals surface area contributed by atoms with Crippen LogP contribution in [0.1, 0.15) is 13.8 Å². The lowest BCUT2D eigenvalue weighted by Crippen LogP contribution is -2.41. The summed E-state index contributed by atoms with van der Waals surface area (Å²) >= 11 is 2.85. The summed E-state index contributed by atoms with van der Waals surface area (Å²) in [6.07, 6.45) is 0. The Morgan fingerprint density at radius 1 is 1.50 bits per heavy atom. The molecule has 0 saturated carbocycles. The summed E-state index contributed by atoms with van der Waals surface area (Å²) in [6, 6.07) is -0.396. The minimum absolute atomic E-state index is 0.0869. The summed E-state index contributed by atoms with van der Waals surface area (Å²) < 4.78 is 24.2. The minimum Gasteiger partial charge on any atom is -0.395 e. The lowest BCUT2D eigenvalue weighted by Gasteiger charge is -2.18. The monoisotopic (exact) mass is 259 g/mol. The van der Waals surface area contributed by atoms with Crippen molar-refractivity contribution in [3.05, 3.63) is 0 Å². The first-order chi connectivity index (χ1) is 5.43. The van der Waals surface area contributed by atoms with Crippen molar-refractivity contribution in [2.45, 2.75) is 19.9 Å². The summed E-state index contributed by atoms with van der Waals surface area (Å²) in [4.78, 5) is 0. The molecule has 0 fully saturated rings. The van der Waals surface area contributed by atoms with Crippen LogP contribution in [0.25, 0.3) is 0 Å². The molecule has 0 heterocycles. The van der Waals surface area contributed by atoms with Crippen molar-refractivity contribution in [2.24, 2.45) is 5.92 Å². The first-order valence-corrected chi connectivity index (χ1v) is 6.37. The van der Waals surface area contributed by atoms with Gasteiger partial charge in [0.05, 0.1) is 6.61 Å². The Morgan fingerprint density at radius 3 is 2.25 bits per heavy atom. The van der Waals surface area contributed by atoms with Crippen molar-refractivity contribution >= 4 is 26.0 Å². The van der Waals surface area contributed by atoms with Gasteiger partial charge in [0, 0.05) is 6.04 Å². The molecule has 0 aliphatic rings. The van der Waals surface area contributed by atoms with E-state index in [2.05, 4.69) is 20.7 Å². The van der Waals surface area contributed by atoms with Gasteiger partial charge in [0.15, 0.2) is 0 Å². The average Bonchev–Trinajstić information content (AvgIpc) is 2.00. The molecule has 2 N–H and O–H groups in total. The highest BCUT2D eigenvalue weighted by atomic mass is 79.9. The minimum atomic E-state index is -3.27. The molecule has 0 bridgehead atoms. The molecule has 0 amide bonds. The number of alkyl halides is 1. The number of aliphatic hydroxyl groups is 1. The van der Waals surface area contributed by atoms with Crippen LogP contribution in [0.5, 0.6) is 0 Å². The molecule has 1 atom stereocenters. The molecule has 0 aromatic carbocycles. The number of sulfonamides is 1. The third-order valence-electron chi connectivity index (χ3n) is 1.48. The second-order valence-corrected chi connectivity index (χ2v) is 5.93. The van der Waals surface area contributed by atoms with Crippen LogP contribution in [0.3, 0.4) is 0 Å². The zero-order valence-electron chi connectivity index (χ0n) is 7.12. The topological polar surface area (TPSA) is 66.4 Å². The maximum absolute atomic E-state index is 11.0. The van der Waals surface area contributed by atoms with Crippen molar-refractivity contribution in [3.8, 4) is 0 Å². The van der Waals surface area contributed by atoms with Crippen LogP contribution in [-0.2, 0) is 10.0 Å². The molecule has 1 unspecified atom stereocenters. The van der Waals surface area contributed by atoms with E-state index in [1.807, 2.05) is 13.8 Å². The van der Waals surface area contributed by atoms with Crippen LogP contribution in [0.15, 0.2) is 0 Å². The number of nitrogens with one attached hydrogen (secondary N) is 1. The van der Waals surface area contributed by atoms with E-state index >= 15 is 0 Å². The number of aliphatic hydroxyl groups excluding tert-OH is 1. The highest BCUT2D eigenvalue weighted by Crippen LogP contribution is 2.03. The predicted molar refractivity (Wildman–Crippen MR) is 51.6 cm³/mol. The van der Waals surface area contributed by atoms with Gasteiger partial charge in [0.25, 0.3) is 0 Å². The third kappa shape index (κ3) is 4.39. The van der Waals surface area contributed by atoms with Crippen molar-refractivity contribution in [2.75, 3.05) is 11.3 Å². The molecule has 0 radical (unpaired) electrons. The second-order valence-electron chi connectivity index (χ2n) is 2.87. The largest absolute Gasteiger partial charge is 0.395 e. The summed E-state index contributed by atoms with van der Waals surface area (Å²) in [7, 11) is -3.27. The Morgan fingerprint density at radius 2 is 2.00 bits per heavy atom. The molecule has 0 aromatic heterocycles. The summed E-state index contributed by atoms with van der Waals surface area (Å²) in [5, 5.41) is 8.81. The molecule has 4 nitrogen and oxygen atoms in total. The van der Waals surface area contributed by atoms with E-state index in [-0.39, 0.29) is 17.2 Å². The van der Waals surface area contributed by atoms with Gasteiger partial charge in [0.1, 0.15) is 4.66 Å². The van der Waals surface area contributed by atoms with Crippen LogP contribution in [0, 0.1) is 5.92 Å². The van der Waals surface area contributed by atoms with E-state index in [9.17, 15) is 8.42 Å². The van der Waals surface area contributed by atoms with Crippen LogP contribution in [0.4, 0.5) is 0 Å². The highest BCUT2D eigenvalue weighted by Gasteiger charge is 2.18. The van der Waals surface area contributed by atoms with Gasteiger partial charge in [-0.05, 0) is 5.92 Å². The maximum atomic E-state index is 11.0. The number of hydrogen-bond acceptors (Lipinski definition) is 3. The molecular weight excluding hydrogens is 246 g/mol. The average molecular weight is 260 g/mol. The molecule has 0 aromatic rings. The van der Waals surface area contributed by atoms with Crippen LogP contribution >= 0.6 is 15.9 Å². The molecule has 0 saturated heterocycles. The predicted octanol–water partition coefficient (Wildman–Crippen LogP) is 0.275. The van der Waals surface area contributed by atoms with Crippen molar-refractivity contribution < 1.29 is 13.5 Å². The SMILES string of the molecule is CC(C)C(CO)NS(=O)(=O)CBr. The lowest BCUT2D eigenvalue weighted by molar-refractivity contribution is 0.228. The zero-order chi connectivity index (χ0) is 9.78. The normalized spacial score (nSPS) is 15.1. The molecule has 12 heavy (non-hydrogen) atoms. The first kappa shape index (κ1) is 12.3. The van der Waals surface area contributed by atoms with Gasteiger partial charge in [-0.3, -0.25) is 0 Å². The Balaban J connectivity index is 4.22. The van der Waals surface area contributed by atoms with E-state index < -0.39 is 16.1 Å². The Hall–Kier alpha value is 0.350. The van der Waals surface area contributed by atoms with E-state index in [0.717, 1.165) is 0 Å². The van der Waals surface area contributed by atoms with Gasteiger partial charge < -0.3 is 5.11 Å². The van der Waals surface area contributed by atoms with E-state index in [1.54, 1.807) is 0 Å². The van der Waals surface area contributed by atoms with E-state index in [4.69, 9.17) is 5.11 Å². The van der Waals surface area contributed by atoms with Crippen LogP contribution < -0.4 is 4.72 Å². The Kier molecular flexibility index (Phi) is 5.31. The molecule has 0 aliphatic heterocycles. The lowest BCUT2D eigenvalue weighted by atomic mass is 10.1. The Bertz CT molecular complexity index is 215. The molecule has 74 valence electrons. The fourth-order valence-corrected chi connectivity index (χ4v) is 1.91. The number of hydrogen-bond donors (Lipinski definition) is 2. The van der Waals surface area contributed by atoms with Crippen LogP contribution in [-0.4, -0.2) is 30.8 Å². The number of halogens is 1. The first-order valence-electron chi connectivity index (χ1n) is 3.59. The fourth-order valence-electron chi connectivity index (χ4n) is 0.646. The summed E-state index contributed by atoms with van der Waals surface area (Å²) in [6.45, 7) is 3.51. The van der Waals surface area contributed by atoms with Gasteiger partial charge in [-0.15, -0.1) is 0 Å². The van der Waals surface area contributed by atoms with Gasteiger partial charge in [-0.1, -0.05) is 29.8 Å². The highest BCUT2D eigenvalue weighted by molar-refractivity contribution is 9.10. The fraction of sp³-hybridized carbons (Fsp3) is 1.00. The van der Waals surface area contributed by atoms with Crippen molar-refractivity contribution in [1.29, 1.82) is 0 Å². The summed E-state index contributed by atoms with van der Waals surface area (Å²) in [5.74, 6) is 0.0869. The quantitative estimate of drug-likeness (QED) is 0.697. The van der Waals surface area contributed by atoms with Gasteiger partial charge in [-0.2, -0.15) is 0 Å². The van der Waals surface area contributed by atoms with Gasteiger partial charge in [-0.25, -0.2) is 13.1 Å². The van der Waals surface area contributed by atoms with Crippen molar-refractivity contribution in [3.63, 3.8) is 0 Å². The van der Waals surface area contributed by atoms with Gasteiger partial charge >= 0.3 is 0 Å². The van der Waals surface area contributed by atoms with Crippen LogP contribution in [0.2, 0.25) is 0 Å². The molecule has 0 aliphatic carbocycles. The van der Waals surface area contributed by atoms with E-state index in [1.165, 1.54) is 0 Å². The molecule has 0 spiro atoms. The summed E-state index contributed by atoms with van der Waals surface area (Å²) in [5.41, 5.74) is 0. The molecular formula is C6H14BrNO3S. The molecule has 6 heteroatoms. The zero-order valence-corrected chi connectivity index (χ0v) is 9.52. The second kappa shape index (κ2) is 5.16.